The molecule has 1 aliphatic heterocycles. The van der Waals surface area contributed by atoms with Crippen molar-refractivity contribution in [2.75, 3.05) is 19.8 Å². The second-order valence-electron chi connectivity index (χ2n) is 3.96. The standard InChI is InChI=1S/C12H13ClO4/c13-9-2-1-3-10(11(9)12(14)15)17-7-8-4-5-16-6-8/h1-3,8H,4-7H2,(H,14,15). The summed E-state index contributed by atoms with van der Waals surface area (Å²) in [5.74, 6) is -0.430. The lowest BCUT2D eigenvalue weighted by Gasteiger charge is -2.12. The Morgan fingerprint density at radius 2 is 2.41 bits per heavy atom. The average Bonchev–Trinajstić information content (AvgIpc) is 2.78. The fraction of sp³-hybridized carbons (Fsp3) is 0.417. The minimum Gasteiger partial charge on any atom is -0.492 e. The first-order chi connectivity index (χ1) is 8.18. The van der Waals surface area contributed by atoms with Gasteiger partial charge in [0.2, 0.25) is 0 Å². The van der Waals surface area contributed by atoms with Crippen LogP contribution >= 0.6 is 11.6 Å². The summed E-state index contributed by atoms with van der Waals surface area (Å²) < 4.78 is 10.7. The molecule has 1 saturated heterocycles. The number of carboxylic acids is 1. The number of ether oxygens (including phenoxy) is 2. The number of hydrogen-bond acceptors (Lipinski definition) is 3. The van der Waals surface area contributed by atoms with Gasteiger partial charge in [-0.2, -0.15) is 0 Å². The second-order valence-corrected chi connectivity index (χ2v) is 4.37. The van der Waals surface area contributed by atoms with Crippen LogP contribution in [-0.2, 0) is 4.74 Å². The maximum Gasteiger partial charge on any atom is 0.341 e. The molecule has 1 heterocycles. The Labute approximate surface area is 104 Å². The SMILES string of the molecule is O=C(O)c1c(Cl)cccc1OCC1CCOC1. The molecular weight excluding hydrogens is 244 g/mol. The number of carbonyl (C=O) groups is 1. The highest BCUT2D eigenvalue weighted by atomic mass is 35.5. The molecule has 1 aliphatic rings. The first kappa shape index (κ1) is 12.2. The van der Waals surface area contributed by atoms with Crippen molar-refractivity contribution in [1.82, 2.24) is 0 Å². The molecule has 17 heavy (non-hydrogen) atoms. The first-order valence-corrected chi connectivity index (χ1v) is 5.78. The van der Waals surface area contributed by atoms with Gasteiger partial charge in [-0.05, 0) is 18.6 Å². The zero-order valence-electron chi connectivity index (χ0n) is 9.19. The van der Waals surface area contributed by atoms with Gasteiger partial charge in [0.15, 0.2) is 0 Å². The van der Waals surface area contributed by atoms with Crippen molar-refractivity contribution in [2.24, 2.45) is 5.92 Å². The van der Waals surface area contributed by atoms with Gasteiger partial charge < -0.3 is 14.6 Å². The number of halogens is 1. The van der Waals surface area contributed by atoms with Crippen molar-refractivity contribution < 1.29 is 19.4 Å². The molecule has 0 aromatic heterocycles. The van der Waals surface area contributed by atoms with E-state index in [4.69, 9.17) is 26.2 Å². The lowest BCUT2D eigenvalue weighted by atomic mass is 10.1. The highest BCUT2D eigenvalue weighted by Gasteiger charge is 2.19. The van der Waals surface area contributed by atoms with Crippen molar-refractivity contribution in [2.45, 2.75) is 6.42 Å². The van der Waals surface area contributed by atoms with Gasteiger partial charge in [-0.25, -0.2) is 4.79 Å². The predicted molar refractivity (Wildman–Crippen MR) is 62.8 cm³/mol. The van der Waals surface area contributed by atoms with Gasteiger partial charge in [-0.15, -0.1) is 0 Å². The van der Waals surface area contributed by atoms with Crippen molar-refractivity contribution >= 4 is 17.6 Å². The van der Waals surface area contributed by atoms with E-state index in [0.29, 0.717) is 24.9 Å². The third-order valence-electron chi connectivity index (χ3n) is 2.69. The first-order valence-electron chi connectivity index (χ1n) is 5.41. The molecule has 0 bridgehead atoms. The summed E-state index contributed by atoms with van der Waals surface area (Å²) in [6.45, 7) is 1.87. The lowest BCUT2D eigenvalue weighted by Crippen LogP contribution is -2.13. The van der Waals surface area contributed by atoms with Crippen LogP contribution in [0, 0.1) is 5.92 Å². The molecule has 5 heteroatoms. The van der Waals surface area contributed by atoms with Gasteiger partial charge in [0.1, 0.15) is 11.3 Å². The Kier molecular flexibility index (Phi) is 3.86. The minimum absolute atomic E-state index is 0.0214. The summed E-state index contributed by atoms with van der Waals surface area (Å²) in [6.07, 6.45) is 0.947. The molecule has 1 fully saturated rings. The van der Waals surface area contributed by atoms with Crippen LogP contribution in [0.2, 0.25) is 5.02 Å². The fourth-order valence-corrected chi connectivity index (χ4v) is 2.00. The smallest absolute Gasteiger partial charge is 0.341 e. The van der Waals surface area contributed by atoms with Gasteiger partial charge in [-0.1, -0.05) is 17.7 Å². The van der Waals surface area contributed by atoms with Crippen LogP contribution in [0.15, 0.2) is 18.2 Å². The van der Waals surface area contributed by atoms with E-state index in [2.05, 4.69) is 0 Å². The molecule has 1 atom stereocenters. The molecule has 1 unspecified atom stereocenters. The largest absolute Gasteiger partial charge is 0.492 e. The van der Waals surface area contributed by atoms with E-state index in [0.717, 1.165) is 13.0 Å². The van der Waals surface area contributed by atoms with Crippen LogP contribution in [-0.4, -0.2) is 30.9 Å². The number of rotatable bonds is 4. The summed E-state index contributed by atoms with van der Waals surface area (Å²) in [5, 5.41) is 9.24. The number of aromatic carboxylic acids is 1. The van der Waals surface area contributed by atoms with Crippen LogP contribution in [0.5, 0.6) is 5.75 Å². The summed E-state index contributed by atoms with van der Waals surface area (Å²) in [6, 6.07) is 4.83. The van der Waals surface area contributed by atoms with Gasteiger partial charge in [0.05, 0.1) is 18.2 Å². The maximum absolute atomic E-state index is 11.0. The highest BCUT2D eigenvalue weighted by molar-refractivity contribution is 6.33. The molecule has 1 N–H and O–H groups in total. The summed E-state index contributed by atoms with van der Waals surface area (Å²) in [4.78, 5) is 11.0. The summed E-state index contributed by atoms with van der Waals surface area (Å²) >= 11 is 5.83. The second kappa shape index (κ2) is 5.38. The predicted octanol–water partition coefficient (Wildman–Crippen LogP) is 2.45. The minimum atomic E-state index is -1.08. The quantitative estimate of drug-likeness (QED) is 0.899. The fourth-order valence-electron chi connectivity index (χ4n) is 1.75. The number of carboxylic acid groups (broad SMARTS) is 1. The van der Waals surface area contributed by atoms with E-state index in [1.807, 2.05) is 0 Å². The van der Waals surface area contributed by atoms with Crippen molar-refractivity contribution in [3.05, 3.63) is 28.8 Å². The molecule has 1 aromatic carbocycles. The average molecular weight is 257 g/mol. The Balaban J connectivity index is 2.09. The monoisotopic (exact) mass is 256 g/mol. The lowest BCUT2D eigenvalue weighted by molar-refractivity contribution is 0.0691. The number of benzene rings is 1. The Morgan fingerprint density at radius 3 is 3.06 bits per heavy atom. The Hall–Kier alpha value is -1.26. The highest BCUT2D eigenvalue weighted by Crippen LogP contribution is 2.27. The van der Waals surface area contributed by atoms with Crippen molar-refractivity contribution in [3.63, 3.8) is 0 Å². The van der Waals surface area contributed by atoms with Gasteiger partial charge in [0.25, 0.3) is 0 Å². The molecule has 4 nitrogen and oxygen atoms in total. The third-order valence-corrected chi connectivity index (χ3v) is 3.00. The van der Waals surface area contributed by atoms with Crippen LogP contribution in [0.1, 0.15) is 16.8 Å². The van der Waals surface area contributed by atoms with Crippen LogP contribution < -0.4 is 4.74 Å². The van der Waals surface area contributed by atoms with E-state index in [1.165, 1.54) is 6.07 Å². The molecule has 2 rings (SSSR count). The summed E-state index contributed by atoms with van der Waals surface area (Å²) in [5.41, 5.74) is 0.0214. The van der Waals surface area contributed by atoms with Crippen LogP contribution in [0.25, 0.3) is 0 Å². The molecule has 92 valence electrons. The Bertz CT molecular complexity index is 413. The molecule has 0 aliphatic carbocycles. The van der Waals surface area contributed by atoms with Crippen molar-refractivity contribution in [1.29, 1.82) is 0 Å². The molecular formula is C12H13ClO4. The molecule has 0 radical (unpaired) electrons. The normalized spacial score (nSPS) is 19.2. The molecule has 0 amide bonds. The van der Waals surface area contributed by atoms with E-state index in [-0.39, 0.29) is 10.6 Å². The maximum atomic E-state index is 11.0. The molecule has 1 aromatic rings. The topological polar surface area (TPSA) is 55.8 Å². The zero-order chi connectivity index (χ0) is 12.3. The number of hydrogen-bond donors (Lipinski definition) is 1. The van der Waals surface area contributed by atoms with Gasteiger partial charge in [-0.3, -0.25) is 0 Å². The third kappa shape index (κ3) is 2.90. The van der Waals surface area contributed by atoms with E-state index in [9.17, 15) is 4.79 Å². The van der Waals surface area contributed by atoms with E-state index in [1.54, 1.807) is 12.1 Å². The van der Waals surface area contributed by atoms with Crippen LogP contribution in [0.4, 0.5) is 0 Å². The van der Waals surface area contributed by atoms with Gasteiger partial charge >= 0.3 is 5.97 Å². The summed E-state index contributed by atoms with van der Waals surface area (Å²) in [7, 11) is 0. The van der Waals surface area contributed by atoms with Crippen molar-refractivity contribution in [3.8, 4) is 5.75 Å². The molecule has 0 spiro atoms. The zero-order valence-corrected chi connectivity index (χ0v) is 9.94. The van der Waals surface area contributed by atoms with E-state index < -0.39 is 5.97 Å². The molecule has 0 saturated carbocycles. The van der Waals surface area contributed by atoms with E-state index >= 15 is 0 Å². The van der Waals surface area contributed by atoms with Gasteiger partial charge in [0, 0.05) is 12.5 Å². The van der Waals surface area contributed by atoms with Crippen LogP contribution in [0.3, 0.4) is 0 Å². The Morgan fingerprint density at radius 1 is 1.59 bits per heavy atom.